The van der Waals surface area contributed by atoms with Gasteiger partial charge in [-0.05, 0) is 82.6 Å². The van der Waals surface area contributed by atoms with Gasteiger partial charge in [0.2, 0.25) is 0 Å². The summed E-state index contributed by atoms with van der Waals surface area (Å²) in [6.45, 7) is 7.03. The number of benzene rings is 1. The first-order valence-corrected chi connectivity index (χ1v) is 11.8. The SMILES string of the molecule is O=C(COc1ccccc1CN1CCC(C2CCNCC2)CC1)NCC1CCCO1. The van der Waals surface area contributed by atoms with Crippen LogP contribution in [0.2, 0.25) is 0 Å². The molecular weight excluding hydrogens is 378 g/mol. The third kappa shape index (κ3) is 6.19. The fraction of sp³-hybridized carbons (Fsp3) is 0.708. The minimum Gasteiger partial charge on any atom is -0.483 e. The topological polar surface area (TPSA) is 62.8 Å². The largest absolute Gasteiger partial charge is 0.483 e. The minimum absolute atomic E-state index is 0.0571. The normalized spacial score (nSPS) is 24.1. The second kappa shape index (κ2) is 11.1. The van der Waals surface area contributed by atoms with Crippen LogP contribution in [0.25, 0.3) is 0 Å². The maximum Gasteiger partial charge on any atom is 0.258 e. The molecule has 1 aromatic rings. The summed E-state index contributed by atoms with van der Waals surface area (Å²) in [6, 6.07) is 8.14. The van der Waals surface area contributed by atoms with Crippen molar-refractivity contribution in [2.45, 2.75) is 51.2 Å². The highest BCUT2D eigenvalue weighted by atomic mass is 16.5. The van der Waals surface area contributed by atoms with Crippen molar-refractivity contribution >= 4 is 5.91 Å². The molecule has 0 aromatic heterocycles. The molecule has 1 aromatic carbocycles. The van der Waals surface area contributed by atoms with E-state index >= 15 is 0 Å². The van der Waals surface area contributed by atoms with Gasteiger partial charge in [-0.15, -0.1) is 0 Å². The van der Waals surface area contributed by atoms with Gasteiger partial charge in [0.1, 0.15) is 5.75 Å². The van der Waals surface area contributed by atoms with E-state index < -0.39 is 0 Å². The predicted molar refractivity (Wildman–Crippen MR) is 118 cm³/mol. The van der Waals surface area contributed by atoms with Gasteiger partial charge >= 0.3 is 0 Å². The number of hydrogen-bond donors (Lipinski definition) is 2. The molecule has 30 heavy (non-hydrogen) atoms. The second-order valence-electron chi connectivity index (χ2n) is 9.04. The summed E-state index contributed by atoms with van der Waals surface area (Å²) < 4.78 is 11.4. The number of hydrogen-bond acceptors (Lipinski definition) is 5. The lowest BCUT2D eigenvalue weighted by atomic mass is 9.79. The molecule has 6 nitrogen and oxygen atoms in total. The lowest BCUT2D eigenvalue weighted by Crippen LogP contribution is -2.39. The monoisotopic (exact) mass is 415 g/mol. The predicted octanol–water partition coefficient (Wildman–Crippen LogP) is 2.57. The lowest BCUT2D eigenvalue weighted by molar-refractivity contribution is -0.123. The quantitative estimate of drug-likeness (QED) is 0.683. The maximum absolute atomic E-state index is 12.2. The lowest BCUT2D eigenvalue weighted by Gasteiger charge is -2.38. The van der Waals surface area contributed by atoms with Gasteiger partial charge in [0.15, 0.2) is 6.61 Å². The van der Waals surface area contributed by atoms with E-state index in [1.807, 2.05) is 12.1 Å². The molecule has 3 heterocycles. The molecule has 0 spiro atoms. The smallest absolute Gasteiger partial charge is 0.258 e. The van der Waals surface area contributed by atoms with Crippen molar-refractivity contribution in [3.05, 3.63) is 29.8 Å². The van der Waals surface area contributed by atoms with Crippen LogP contribution in [-0.2, 0) is 16.1 Å². The van der Waals surface area contributed by atoms with Crippen molar-refractivity contribution in [3.63, 3.8) is 0 Å². The van der Waals surface area contributed by atoms with E-state index in [9.17, 15) is 4.79 Å². The molecule has 6 heteroatoms. The molecule has 0 saturated carbocycles. The van der Waals surface area contributed by atoms with Crippen LogP contribution in [-0.4, -0.2) is 62.8 Å². The Hall–Kier alpha value is -1.63. The standard InChI is InChI=1S/C24H37N3O3/c28-24(26-16-22-5-3-15-29-22)18-30-23-6-2-1-4-21(23)17-27-13-9-20(10-14-27)19-7-11-25-12-8-19/h1-2,4,6,19-20,22,25H,3,5,7-18H2,(H,26,28). The summed E-state index contributed by atoms with van der Waals surface area (Å²) in [6.07, 6.45) is 7.57. The average Bonchev–Trinajstić information content (AvgIpc) is 3.32. The van der Waals surface area contributed by atoms with Crippen molar-refractivity contribution in [2.24, 2.45) is 11.8 Å². The zero-order valence-electron chi connectivity index (χ0n) is 18.1. The first-order valence-electron chi connectivity index (χ1n) is 11.8. The molecule has 166 valence electrons. The van der Waals surface area contributed by atoms with Gasteiger partial charge in [-0.3, -0.25) is 9.69 Å². The van der Waals surface area contributed by atoms with Gasteiger partial charge in [0.05, 0.1) is 6.10 Å². The number of likely N-dealkylation sites (tertiary alicyclic amines) is 1. The van der Waals surface area contributed by atoms with E-state index in [1.54, 1.807) is 0 Å². The number of ether oxygens (including phenoxy) is 2. The summed E-state index contributed by atoms with van der Waals surface area (Å²) in [7, 11) is 0. The van der Waals surface area contributed by atoms with Gasteiger partial charge in [-0.2, -0.15) is 0 Å². The van der Waals surface area contributed by atoms with Crippen LogP contribution in [0.5, 0.6) is 5.75 Å². The van der Waals surface area contributed by atoms with Crippen LogP contribution in [0.1, 0.15) is 44.1 Å². The van der Waals surface area contributed by atoms with E-state index in [4.69, 9.17) is 9.47 Å². The fourth-order valence-electron chi connectivity index (χ4n) is 5.14. The molecular formula is C24H37N3O3. The highest BCUT2D eigenvalue weighted by Gasteiger charge is 2.27. The van der Waals surface area contributed by atoms with Crippen LogP contribution < -0.4 is 15.4 Å². The number of nitrogens with zero attached hydrogens (tertiary/aromatic N) is 1. The highest BCUT2D eigenvalue weighted by molar-refractivity contribution is 5.77. The number of rotatable bonds is 8. The van der Waals surface area contributed by atoms with E-state index in [2.05, 4.69) is 27.7 Å². The molecule has 3 saturated heterocycles. The molecule has 0 radical (unpaired) electrons. The Balaban J connectivity index is 1.21. The van der Waals surface area contributed by atoms with E-state index in [1.165, 1.54) is 44.3 Å². The first-order chi connectivity index (χ1) is 14.8. The Morgan fingerprint density at radius 1 is 1.10 bits per heavy atom. The Labute approximate surface area is 180 Å². The van der Waals surface area contributed by atoms with Crippen molar-refractivity contribution in [1.82, 2.24) is 15.5 Å². The fourth-order valence-corrected chi connectivity index (χ4v) is 5.14. The zero-order valence-corrected chi connectivity index (χ0v) is 18.1. The summed E-state index contributed by atoms with van der Waals surface area (Å²) in [4.78, 5) is 14.7. The van der Waals surface area contributed by atoms with Crippen LogP contribution >= 0.6 is 0 Å². The number of piperidine rings is 2. The van der Waals surface area contributed by atoms with Gasteiger partial charge < -0.3 is 20.1 Å². The summed E-state index contributed by atoms with van der Waals surface area (Å²) in [5.74, 6) is 2.55. The molecule has 0 aliphatic carbocycles. The summed E-state index contributed by atoms with van der Waals surface area (Å²) in [5, 5.41) is 6.41. The van der Waals surface area contributed by atoms with Gasteiger partial charge in [0.25, 0.3) is 5.91 Å². The van der Waals surface area contributed by atoms with Gasteiger partial charge in [-0.1, -0.05) is 18.2 Å². The molecule has 3 fully saturated rings. The molecule has 2 N–H and O–H groups in total. The molecule has 1 amide bonds. The number of amides is 1. The third-order valence-corrected chi connectivity index (χ3v) is 6.96. The van der Waals surface area contributed by atoms with Crippen molar-refractivity contribution in [2.75, 3.05) is 45.9 Å². The molecule has 4 rings (SSSR count). The van der Waals surface area contributed by atoms with Crippen molar-refractivity contribution in [1.29, 1.82) is 0 Å². The summed E-state index contributed by atoms with van der Waals surface area (Å²) >= 11 is 0. The van der Waals surface area contributed by atoms with Gasteiger partial charge in [0, 0.05) is 25.3 Å². The van der Waals surface area contributed by atoms with E-state index in [0.717, 1.165) is 56.7 Å². The van der Waals surface area contributed by atoms with Crippen molar-refractivity contribution < 1.29 is 14.3 Å². The van der Waals surface area contributed by atoms with Crippen LogP contribution in [0.15, 0.2) is 24.3 Å². The number of nitrogens with one attached hydrogen (secondary N) is 2. The minimum atomic E-state index is -0.0805. The molecule has 1 atom stereocenters. The average molecular weight is 416 g/mol. The third-order valence-electron chi connectivity index (χ3n) is 6.96. The number of carbonyl (C=O) groups excluding carboxylic acids is 1. The second-order valence-corrected chi connectivity index (χ2v) is 9.04. The Bertz CT molecular complexity index is 663. The highest BCUT2D eigenvalue weighted by Crippen LogP contribution is 2.32. The Kier molecular flexibility index (Phi) is 8.01. The van der Waals surface area contributed by atoms with Crippen LogP contribution in [0, 0.1) is 11.8 Å². The van der Waals surface area contributed by atoms with E-state index in [-0.39, 0.29) is 18.6 Å². The Morgan fingerprint density at radius 2 is 1.87 bits per heavy atom. The first kappa shape index (κ1) is 21.6. The molecule has 3 aliphatic heterocycles. The number of carbonyl (C=O) groups is 1. The van der Waals surface area contributed by atoms with Crippen LogP contribution in [0.3, 0.4) is 0 Å². The van der Waals surface area contributed by atoms with E-state index in [0.29, 0.717) is 6.54 Å². The maximum atomic E-state index is 12.2. The summed E-state index contributed by atoms with van der Waals surface area (Å²) in [5.41, 5.74) is 1.17. The van der Waals surface area contributed by atoms with Crippen LogP contribution in [0.4, 0.5) is 0 Å². The molecule has 0 bridgehead atoms. The van der Waals surface area contributed by atoms with Crippen molar-refractivity contribution in [3.8, 4) is 5.75 Å². The molecule has 1 unspecified atom stereocenters. The zero-order chi connectivity index (χ0) is 20.6. The van der Waals surface area contributed by atoms with Gasteiger partial charge in [-0.25, -0.2) is 0 Å². The number of para-hydroxylation sites is 1. The molecule has 3 aliphatic rings. The Morgan fingerprint density at radius 3 is 2.63 bits per heavy atom.